The number of hydrogen-bond donors (Lipinski definition) is 2. The molecular formula is C16H30N4O. The van der Waals surface area contributed by atoms with Crippen molar-refractivity contribution in [2.45, 2.75) is 69.1 Å². The fourth-order valence-corrected chi connectivity index (χ4v) is 3.91. The average Bonchev–Trinajstić information content (AvgIpc) is 3.16. The molecule has 1 aliphatic carbocycles. The Balaban J connectivity index is 1.54. The minimum atomic E-state index is -0.543. The van der Waals surface area contributed by atoms with Crippen molar-refractivity contribution in [1.82, 2.24) is 15.1 Å². The van der Waals surface area contributed by atoms with Gasteiger partial charge in [0.15, 0.2) is 0 Å². The summed E-state index contributed by atoms with van der Waals surface area (Å²) in [5.74, 6) is -0.206. The molecule has 2 bridgehead atoms. The lowest BCUT2D eigenvalue weighted by Crippen LogP contribution is -2.55. The number of nitrogens with zero attached hydrogens (tertiary/aromatic N) is 2. The molecule has 0 aromatic rings. The normalized spacial score (nSPS) is 33.6. The number of nitrogens with one attached hydrogen (secondary N) is 1. The van der Waals surface area contributed by atoms with Gasteiger partial charge in [-0.15, -0.1) is 0 Å². The molecule has 2 saturated heterocycles. The number of carbonyl (C=O) groups excluding carboxylic acids is 1. The van der Waals surface area contributed by atoms with Crippen LogP contribution in [0.4, 0.5) is 0 Å². The van der Waals surface area contributed by atoms with Crippen molar-refractivity contribution in [3.05, 3.63) is 0 Å². The van der Waals surface area contributed by atoms with Crippen LogP contribution >= 0.6 is 0 Å². The maximum Gasteiger partial charge on any atom is 0.237 e. The molecule has 0 aromatic carbocycles. The molecule has 1 amide bonds. The van der Waals surface area contributed by atoms with E-state index in [1.54, 1.807) is 0 Å². The van der Waals surface area contributed by atoms with Crippen molar-refractivity contribution in [1.29, 1.82) is 0 Å². The van der Waals surface area contributed by atoms with E-state index in [1.165, 1.54) is 32.1 Å². The first-order valence-corrected chi connectivity index (χ1v) is 8.50. The lowest BCUT2D eigenvalue weighted by molar-refractivity contribution is -0.124. The number of likely N-dealkylation sites (N-methyl/N-ethyl adjacent to an activating group) is 1. The fourth-order valence-electron chi connectivity index (χ4n) is 3.91. The van der Waals surface area contributed by atoms with Crippen molar-refractivity contribution in [3.63, 3.8) is 0 Å². The van der Waals surface area contributed by atoms with Gasteiger partial charge in [-0.3, -0.25) is 9.69 Å². The fraction of sp³-hybridized carbons (Fsp3) is 0.938. The van der Waals surface area contributed by atoms with E-state index in [4.69, 9.17) is 5.73 Å². The Morgan fingerprint density at radius 2 is 1.95 bits per heavy atom. The number of amides is 1. The zero-order valence-corrected chi connectivity index (χ0v) is 13.5. The maximum atomic E-state index is 11.8. The zero-order chi connectivity index (χ0) is 15.0. The second-order valence-electron chi connectivity index (χ2n) is 7.50. The van der Waals surface area contributed by atoms with Gasteiger partial charge in [0, 0.05) is 31.2 Å². The molecule has 3 aliphatic rings. The van der Waals surface area contributed by atoms with Crippen LogP contribution in [-0.2, 0) is 4.79 Å². The van der Waals surface area contributed by atoms with Gasteiger partial charge in [-0.2, -0.15) is 0 Å². The van der Waals surface area contributed by atoms with E-state index in [0.29, 0.717) is 12.1 Å². The van der Waals surface area contributed by atoms with E-state index in [2.05, 4.69) is 22.2 Å². The van der Waals surface area contributed by atoms with Crippen LogP contribution in [0.1, 0.15) is 45.4 Å². The smallest absolute Gasteiger partial charge is 0.237 e. The van der Waals surface area contributed by atoms with Gasteiger partial charge in [0.25, 0.3) is 0 Å². The minimum absolute atomic E-state index is 0.206. The van der Waals surface area contributed by atoms with Crippen LogP contribution in [-0.4, -0.2) is 66.1 Å². The molecule has 3 N–H and O–H groups in total. The highest BCUT2D eigenvalue weighted by Gasteiger charge is 2.38. The number of hydrogen-bond acceptors (Lipinski definition) is 4. The number of nitrogens with two attached hydrogens (primary N) is 1. The summed E-state index contributed by atoms with van der Waals surface area (Å²) in [6, 6.07) is 1.98. The van der Waals surface area contributed by atoms with E-state index >= 15 is 0 Å². The van der Waals surface area contributed by atoms with Gasteiger partial charge in [-0.25, -0.2) is 0 Å². The largest absolute Gasteiger partial charge is 0.368 e. The Kier molecular flexibility index (Phi) is 4.26. The highest BCUT2D eigenvalue weighted by atomic mass is 16.1. The number of rotatable bonds is 6. The highest BCUT2D eigenvalue weighted by Crippen LogP contribution is 2.29. The summed E-state index contributed by atoms with van der Waals surface area (Å²) in [7, 11) is 2.27. The molecule has 3 atom stereocenters. The van der Waals surface area contributed by atoms with Crippen LogP contribution in [0.5, 0.6) is 0 Å². The monoisotopic (exact) mass is 294 g/mol. The van der Waals surface area contributed by atoms with Crippen LogP contribution in [0.2, 0.25) is 0 Å². The number of carbonyl (C=O) groups is 1. The van der Waals surface area contributed by atoms with Gasteiger partial charge in [-0.05, 0) is 59.0 Å². The number of fused-ring (bicyclic) bond motifs is 2. The zero-order valence-electron chi connectivity index (χ0n) is 13.5. The Bertz CT molecular complexity index is 398. The van der Waals surface area contributed by atoms with Crippen LogP contribution < -0.4 is 11.1 Å². The summed E-state index contributed by atoms with van der Waals surface area (Å²) >= 11 is 0. The molecule has 2 heterocycles. The molecule has 0 radical (unpaired) electrons. The first-order valence-electron chi connectivity index (χ1n) is 8.50. The molecule has 2 aliphatic heterocycles. The Labute approximate surface area is 128 Å². The minimum Gasteiger partial charge on any atom is -0.368 e. The summed E-state index contributed by atoms with van der Waals surface area (Å²) in [6.07, 6.45) is 7.13. The third kappa shape index (κ3) is 3.41. The predicted octanol–water partition coefficient (Wildman–Crippen LogP) is 0.541. The van der Waals surface area contributed by atoms with Crippen molar-refractivity contribution in [3.8, 4) is 0 Å². The van der Waals surface area contributed by atoms with Crippen molar-refractivity contribution < 1.29 is 4.79 Å². The second kappa shape index (κ2) is 5.86. The van der Waals surface area contributed by atoms with Crippen LogP contribution in [0.15, 0.2) is 0 Å². The molecule has 120 valence electrons. The first-order chi connectivity index (χ1) is 9.98. The van der Waals surface area contributed by atoms with Gasteiger partial charge >= 0.3 is 0 Å². The Morgan fingerprint density at radius 3 is 2.62 bits per heavy atom. The highest BCUT2D eigenvalue weighted by molar-refractivity contribution is 5.84. The SMILES string of the molecule is CN1C2CCC1CN(CCC(C)(NC1CC1)C(N)=O)CC2. The van der Waals surface area contributed by atoms with E-state index < -0.39 is 5.54 Å². The van der Waals surface area contributed by atoms with Gasteiger partial charge in [0.2, 0.25) is 5.91 Å². The molecule has 1 saturated carbocycles. The Morgan fingerprint density at radius 1 is 1.24 bits per heavy atom. The molecule has 3 rings (SSSR count). The summed E-state index contributed by atoms with van der Waals surface area (Å²) in [6.45, 7) is 5.25. The third-order valence-corrected chi connectivity index (χ3v) is 5.80. The molecular weight excluding hydrogens is 264 g/mol. The summed E-state index contributed by atoms with van der Waals surface area (Å²) in [5, 5.41) is 3.45. The summed E-state index contributed by atoms with van der Waals surface area (Å²) in [5.41, 5.74) is 5.10. The number of likely N-dealkylation sites (tertiary alicyclic amines) is 1. The van der Waals surface area contributed by atoms with Gasteiger partial charge in [0.1, 0.15) is 0 Å². The molecule has 3 fully saturated rings. The predicted molar refractivity (Wildman–Crippen MR) is 84.0 cm³/mol. The second-order valence-corrected chi connectivity index (χ2v) is 7.50. The average molecular weight is 294 g/mol. The van der Waals surface area contributed by atoms with E-state index in [-0.39, 0.29) is 5.91 Å². The standard InChI is InChI=1S/C16H30N4O/c1-16(15(17)21,18-12-3-4-12)8-10-20-9-7-13-5-6-14(11-20)19(13)2/h12-14,18H,3-11H2,1-2H3,(H2,17,21). The van der Waals surface area contributed by atoms with Crippen molar-refractivity contribution in [2.75, 3.05) is 26.7 Å². The molecule has 5 heteroatoms. The topological polar surface area (TPSA) is 61.6 Å². The van der Waals surface area contributed by atoms with Crippen LogP contribution in [0.3, 0.4) is 0 Å². The Hall–Kier alpha value is -0.650. The summed E-state index contributed by atoms with van der Waals surface area (Å²) < 4.78 is 0. The first kappa shape index (κ1) is 15.3. The van der Waals surface area contributed by atoms with Crippen LogP contribution in [0.25, 0.3) is 0 Å². The van der Waals surface area contributed by atoms with E-state index in [9.17, 15) is 4.79 Å². The number of primary amides is 1. The lowest BCUT2D eigenvalue weighted by atomic mass is 9.96. The van der Waals surface area contributed by atoms with Gasteiger partial charge in [-0.1, -0.05) is 0 Å². The molecule has 21 heavy (non-hydrogen) atoms. The molecule has 3 unspecified atom stereocenters. The molecule has 0 spiro atoms. The van der Waals surface area contributed by atoms with Crippen molar-refractivity contribution in [2.24, 2.45) is 5.73 Å². The van der Waals surface area contributed by atoms with Crippen molar-refractivity contribution >= 4 is 5.91 Å². The van der Waals surface area contributed by atoms with Gasteiger partial charge in [0.05, 0.1) is 5.54 Å². The van der Waals surface area contributed by atoms with Gasteiger partial charge < -0.3 is 16.0 Å². The summed E-state index contributed by atoms with van der Waals surface area (Å²) in [4.78, 5) is 16.9. The van der Waals surface area contributed by atoms with E-state index in [0.717, 1.165) is 32.1 Å². The quantitative estimate of drug-likeness (QED) is 0.751. The maximum absolute atomic E-state index is 11.8. The van der Waals surface area contributed by atoms with Crippen LogP contribution in [0, 0.1) is 0 Å². The molecule has 0 aromatic heterocycles. The molecule has 5 nitrogen and oxygen atoms in total. The van der Waals surface area contributed by atoms with E-state index in [1.807, 2.05) is 6.92 Å². The third-order valence-electron chi connectivity index (χ3n) is 5.80. The lowest BCUT2D eigenvalue weighted by Gasteiger charge is -2.32.